The van der Waals surface area contributed by atoms with E-state index in [1.54, 1.807) is 38.3 Å². The number of nitrogens with one attached hydrogen (secondary N) is 2. The highest BCUT2D eigenvalue weighted by molar-refractivity contribution is 7.17. The number of thiophene rings is 1. The molecule has 0 radical (unpaired) electrons. The zero-order valence-corrected chi connectivity index (χ0v) is 17.6. The molecule has 9 heteroatoms. The largest absolute Gasteiger partial charge is 0.497 e. The number of esters is 1. The van der Waals surface area contributed by atoms with Crippen molar-refractivity contribution in [1.82, 2.24) is 5.43 Å². The highest BCUT2D eigenvalue weighted by atomic mass is 32.1. The molecule has 0 unspecified atom stereocenters. The van der Waals surface area contributed by atoms with Gasteiger partial charge in [0.1, 0.15) is 10.8 Å². The number of nitrogens with zero attached hydrogens (tertiary/aromatic N) is 1. The number of ether oxygens (including phenoxy) is 2. The maximum atomic E-state index is 12.4. The van der Waals surface area contributed by atoms with Gasteiger partial charge in [-0.1, -0.05) is 12.1 Å². The van der Waals surface area contributed by atoms with Gasteiger partial charge in [0.2, 0.25) is 0 Å². The number of methoxy groups -OCH3 is 1. The normalized spacial score (nSPS) is 12.9. The molecular formula is C21H23N3O5S. The van der Waals surface area contributed by atoms with Gasteiger partial charge in [0, 0.05) is 4.88 Å². The molecule has 0 fully saturated rings. The van der Waals surface area contributed by atoms with Crippen molar-refractivity contribution in [1.29, 1.82) is 0 Å². The second kappa shape index (κ2) is 10.0. The summed E-state index contributed by atoms with van der Waals surface area (Å²) >= 11 is 1.32. The van der Waals surface area contributed by atoms with E-state index in [0.29, 0.717) is 21.9 Å². The Morgan fingerprint density at radius 2 is 2.00 bits per heavy atom. The molecule has 1 aromatic heterocycles. The summed E-state index contributed by atoms with van der Waals surface area (Å²) < 4.78 is 10.3. The van der Waals surface area contributed by atoms with Gasteiger partial charge in [0.05, 0.1) is 25.5 Å². The van der Waals surface area contributed by atoms with Crippen molar-refractivity contribution in [2.75, 3.05) is 19.0 Å². The van der Waals surface area contributed by atoms with E-state index in [1.165, 1.54) is 17.6 Å². The highest BCUT2D eigenvalue weighted by Crippen LogP contribution is 2.38. The lowest BCUT2D eigenvalue weighted by atomic mass is 9.95. The third-order valence-corrected chi connectivity index (χ3v) is 5.76. The third-order valence-electron chi connectivity index (χ3n) is 4.56. The molecule has 1 aliphatic carbocycles. The number of carbonyl (C=O) groups excluding carboxylic acids is 3. The SMILES string of the molecule is CCOC(=O)c1c(NC(=O)C(=O)NN=Cc2cccc(OC)c2)sc2c1CCCC2. The number of benzene rings is 1. The molecular weight excluding hydrogens is 406 g/mol. The van der Waals surface area contributed by atoms with Gasteiger partial charge in [-0.3, -0.25) is 9.59 Å². The fourth-order valence-corrected chi connectivity index (χ4v) is 4.44. The molecule has 0 aliphatic heterocycles. The van der Waals surface area contributed by atoms with Crippen LogP contribution in [0.3, 0.4) is 0 Å². The quantitative estimate of drug-likeness (QED) is 0.318. The van der Waals surface area contributed by atoms with E-state index in [4.69, 9.17) is 9.47 Å². The standard InChI is InChI=1S/C21H23N3O5S/c1-3-29-21(27)17-15-9-4-5-10-16(15)30-20(17)23-18(25)19(26)24-22-12-13-7-6-8-14(11-13)28-2/h6-8,11-12H,3-5,9-10H2,1-2H3,(H,23,25)(H,24,26). The number of anilines is 1. The predicted octanol–water partition coefficient (Wildman–Crippen LogP) is 2.90. The summed E-state index contributed by atoms with van der Waals surface area (Å²) in [5.41, 5.74) is 4.16. The number of hydrazone groups is 1. The van der Waals surface area contributed by atoms with E-state index >= 15 is 0 Å². The highest BCUT2D eigenvalue weighted by Gasteiger charge is 2.28. The molecule has 0 saturated heterocycles. The van der Waals surface area contributed by atoms with Crippen LogP contribution >= 0.6 is 11.3 Å². The first-order chi connectivity index (χ1) is 14.5. The van der Waals surface area contributed by atoms with Crippen LogP contribution in [-0.4, -0.2) is 37.7 Å². The minimum atomic E-state index is -0.935. The van der Waals surface area contributed by atoms with E-state index in [-0.39, 0.29) is 6.61 Å². The van der Waals surface area contributed by atoms with Gasteiger partial charge < -0.3 is 14.8 Å². The van der Waals surface area contributed by atoms with Crippen molar-refractivity contribution in [3.8, 4) is 5.75 Å². The van der Waals surface area contributed by atoms with E-state index in [1.807, 2.05) is 0 Å². The van der Waals surface area contributed by atoms with Gasteiger partial charge in [-0.2, -0.15) is 5.10 Å². The zero-order valence-electron chi connectivity index (χ0n) is 16.8. The van der Waals surface area contributed by atoms with Gasteiger partial charge >= 0.3 is 17.8 Å². The Labute approximate surface area is 178 Å². The second-order valence-corrected chi connectivity index (χ2v) is 7.67. The molecule has 0 saturated carbocycles. The fourth-order valence-electron chi connectivity index (χ4n) is 3.17. The fraction of sp³-hybridized carbons (Fsp3) is 0.333. The Morgan fingerprint density at radius 1 is 1.20 bits per heavy atom. The van der Waals surface area contributed by atoms with E-state index in [2.05, 4.69) is 15.8 Å². The first-order valence-corrected chi connectivity index (χ1v) is 10.4. The van der Waals surface area contributed by atoms with E-state index < -0.39 is 17.8 Å². The number of carbonyl (C=O) groups is 3. The number of hydrogen-bond acceptors (Lipinski definition) is 7. The smallest absolute Gasteiger partial charge is 0.341 e. The molecule has 8 nitrogen and oxygen atoms in total. The minimum absolute atomic E-state index is 0.232. The van der Waals surface area contributed by atoms with Crippen LogP contribution in [0.2, 0.25) is 0 Å². The second-order valence-electron chi connectivity index (χ2n) is 6.57. The summed E-state index contributed by atoms with van der Waals surface area (Å²) in [5, 5.41) is 6.69. The zero-order chi connectivity index (χ0) is 21.5. The molecule has 0 spiro atoms. The summed E-state index contributed by atoms with van der Waals surface area (Å²) in [7, 11) is 1.55. The molecule has 1 heterocycles. The molecule has 158 valence electrons. The van der Waals surface area contributed by atoms with Crippen LogP contribution in [0.4, 0.5) is 5.00 Å². The molecule has 2 amide bonds. The number of aryl methyl sites for hydroxylation is 1. The van der Waals surface area contributed by atoms with Crippen molar-refractivity contribution in [2.24, 2.45) is 5.10 Å². The average molecular weight is 429 g/mol. The van der Waals surface area contributed by atoms with Crippen molar-refractivity contribution < 1.29 is 23.9 Å². The van der Waals surface area contributed by atoms with Crippen LogP contribution in [0.15, 0.2) is 29.4 Å². The molecule has 2 aromatic rings. The first kappa shape index (κ1) is 21.5. The lowest BCUT2D eigenvalue weighted by Gasteiger charge is -2.12. The monoisotopic (exact) mass is 429 g/mol. The Morgan fingerprint density at radius 3 is 2.77 bits per heavy atom. The Hall–Kier alpha value is -3.20. The predicted molar refractivity (Wildman–Crippen MR) is 114 cm³/mol. The Balaban J connectivity index is 1.69. The van der Waals surface area contributed by atoms with Crippen molar-refractivity contribution >= 4 is 40.3 Å². The number of fused-ring (bicyclic) bond motifs is 1. The number of amides is 2. The molecule has 30 heavy (non-hydrogen) atoms. The van der Waals surface area contributed by atoms with Crippen molar-refractivity contribution in [2.45, 2.75) is 32.6 Å². The Bertz CT molecular complexity index is 983. The molecule has 1 aliphatic rings. The van der Waals surface area contributed by atoms with Crippen LogP contribution in [0.1, 0.15) is 46.1 Å². The summed E-state index contributed by atoms with van der Waals surface area (Å²) in [6, 6.07) is 7.08. The third kappa shape index (κ3) is 5.04. The summed E-state index contributed by atoms with van der Waals surface area (Å²) in [6.45, 7) is 1.96. The molecule has 2 N–H and O–H groups in total. The molecule has 0 atom stereocenters. The van der Waals surface area contributed by atoms with Gasteiger partial charge in [0.15, 0.2) is 0 Å². The average Bonchev–Trinajstić information content (AvgIpc) is 3.11. The van der Waals surface area contributed by atoms with Gasteiger partial charge in [-0.05, 0) is 55.9 Å². The summed E-state index contributed by atoms with van der Waals surface area (Å²) in [5.74, 6) is -1.67. The Kier molecular flexibility index (Phi) is 7.18. The maximum absolute atomic E-state index is 12.4. The van der Waals surface area contributed by atoms with Crippen molar-refractivity contribution in [3.05, 3.63) is 45.8 Å². The number of rotatable bonds is 6. The van der Waals surface area contributed by atoms with E-state index in [0.717, 1.165) is 36.1 Å². The summed E-state index contributed by atoms with van der Waals surface area (Å²) in [4.78, 5) is 38.0. The molecule has 1 aromatic carbocycles. The van der Waals surface area contributed by atoms with Crippen molar-refractivity contribution in [3.63, 3.8) is 0 Å². The van der Waals surface area contributed by atoms with Gasteiger partial charge in [-0.25, -0.2) is 10.2 Å². The summed E-state index contributed by atoms with van der Waals surface area (Å²) in [6.07, 6.45) is 5.01. The lowest BCUT2D eigenvalue weighted by Crippen LogP contribution is -2.32. The van der Waals surface area contributed by atoms with Gasteiger partial charge in [-0.15, -0.1) is 11.3 Å². The molecule has 3 rings (SSSR count). The molecule has 0 bridgehead atoms. The lowest BCUT2D eigenvalue weighted by molar-refractivity contribution is -0.136. The maximum Gasteiger partial charge on any atom is 0.341 e. The van der Waals surface area contributed by atoms with Crippen LogP contribution in [-0.2, 0) is 27.2 Å². The minimum Gasteiger partial charge on any atom is -0.497 e. The van der Waals surface area contributed by atoms with Crippen LogP contribution in [0, 0.1) is 0 Å². The number of hydrogen-bond donors (Lipinski definition) is 2. The van der Waals surface area contributed by atoms with Gasteiger partial charge in [0.25, 0.3) is 0 Å². The van der Waals surface area contributed by atoms with Crippen LogP contribution in [0.25, 0.3) is 0 Å². The van der Waals surface area contributed by atoms with Crippen LogP contribution < -0.4 is 15.5 Å². The van der Waals surface area contributed by atoms with Crippen LogP contribution in [0.5, 0.6) is 5.75 Å². The first-order valence-electron chi connectivity index (χ1n) is 9.63. The topological polar surface area (TPSA) is 106 Å². The van der Waals surface area contributed by atoms with E-state index in [9.17, 15) is 14.4 Å².